The van der Waals surface area contributed by atoms with Gasteiger partial charge in [-0.2, -0.15) is 0 Å². The van der Waals surface area contributed by atoms with Crippen molar-refractivity contribution in [2.75, 3.05) is 26.0 Å². The molecule has 0 aliphatic carbocycles. The average molecular weight is 430 g/mol. The monoisotopic (exact) mass is 429 g/mol. The number of ether oxygens (including phenoxy) is 1. The van der Waals surface area contributed by atoms with Crippen LogP contribution in [-0.2, 0) is 22.5 Å². The molecule has 1 aromatic heterocycles. The van der Waals surface area contributed by atoms with Crippen LogP contribution in [0.2, 0.25) is 0 Å². The number of carbonyl (C=O) groups excluding carboxylic acids is 1. The normalized spacial score (nSPS) is 11.0. The Kier molecular flexibility index (Phi) is 7.98. The van der Waals surface area contributed by atoms with Crippen molar-refractivity contribution in [2.24, 2.45) is 0 Å². The number of thioether (sulfide) groups is 1. The maximum atomic E-state index is 12.9. The molecule has 0 aliphatic rings. The standard InChI is InChI=1S/C22H24FN3O3S/c1-29-14-4-13-26-21(28)18-5-2-3-6-19(18)25-22(26)30-15-20(27)24-12-11-16-7-9-17(23)10-8-16/h2-3,5-10H,4,11-15H2,1H3,(H,24,27). The van der Waals surface area contributed by atoms with Gasteiger partial charge in [-0.25, -0.2) is 9.37 Å². The molecule has 1 amide bonds. The Morgan fingerprint density at radius 1 is 1.20 bits per heavy atom. The van der Waals surface area contributed by atoms with Crippen molar-refractivity contribution in [2.45, 2.75) is 24.5 Å². The summed E-state index contributed by atoms with van der Waals surface area (Å²) in [7, 11) is 1.62. The summed E-state index contributed by atoms with van der Waals surface area (Å²) < 4.78 is 19.6. The molecule has 0 bridgehead atoms. The first-order valence-corrected chi connectivity index (χ1v) is 10.7. The van der Waals surface area contributed by atoms with Gasteiger partial charge in [0.25, 0.3) is 5.56 Å². The SMILES string of the molecule is COCCCn1c(SCC(=O)NCCc2ccc(F)cc2)nc2ccccc2c1=O. The van der Waals surface area contributed by atoms with Crippen LogP contribution in [0.5, 0.6) is 0 Å². The molecule has 6 nitrogen and oxygen atoms in total. The number of nitrogens with zero attached hydrogens (tertiary/aromatic N) is 2. The molecule has 0 aliphatic heterocycles. The van der Waals surface area contributed by atoms with E-state index in [1.54, 1.807) is 35.9 Å². The van der Waals surface area contributed by atoms with Crippen molar-refractivity contribution in [1.29, 1.82) is 0 Å². The Hall–Kier alpha value is -2.71. The van der Waals surface area contributed by atoms with Crippen LogP contribution in [0.15, 0.2) is 58.5 Å². The number of nitrogens with one attached hydrogen (secondary N) is 1. The van der Waals surface area contributed by atoms with Gasteiger partial charge in [0.1, 0.15) is 5.82 Å². The second kappa shape index (κ2) is 10.9. The van der Waals surface area contributed by atoms with E-state index in [0.717, 1.165) is 5.56 Å². The van der Waals surface area contributed by atoms with Crippen molar-refractivity contribution < 1.29 is 13.9 Å². The molecule has 0 atom stereocenters. The zero-order chi connectivity index (χ0) is 21.3. The van der Waals surface area contributed by atoms with Crippen LogP contribution in [0.4, 0.5) is 4.39 Å². The lowest BCUT2D eigenvalue weighted by molar-refractivity contribution is -0.118. The third-order valence-corrected chi connectivity index (χ3v) is 5.51. The molecule has 3 aromatic rings. The van der Waals surface area contributed by atoms with E-state index in [2.05, 4.69) is 10.3 Å². The van der Waals surface area contributed by atoms with E-state index in [1.807, 2.05) is 12.1 Å². The van der Waals surface area contributed by atoms with Gasteiger partial charge in [0, 0.05) is 26.8 Å². The van der Waals surface area contributed by atoms with Crippen molar-refractivity contribution in [3.63, 3.8) is 0 Å². The van der Waals surface area contributed by atoms with Gasteiger partial charge in [-0.15, -0.1) is 0 Å². The van der Waals surface area contributed by atoms with Crippen LogP contribution < -0.4 is 10.9 Å². The summed E-state index contributed by atoms with van der Waals surface area (Å²) in [6.07, 6.45) is 1.29. The molecular weight excluding hydrogens is 405 g/mol. The van der Waals surface area contributed by atoms with E-state index < -0.39 is 0 Å². The highest BCUT2D eigenvalue weighted by Gasteiger charge is 2.13. The predicted molar refractivity (Wildman–Crippen MR) is 116 cm³/mol. The van der Waals surface area contributed by atoms with Crippen molar-refractivity contribution in [3.05, 3.63) is 70.3 Å². The van der Waals surface area contributed by atoms with Crippen LogP contribution in [0.3, 0.4) is 0 Å². The Bertz CT molecular complexity index is 1050. The molecule has 0 saturated carbocycles. The van der Waals surface area contributed by atoms with Gasteiger partial charge >= 0.3 is 0 Å². The predicted octanol–water partition coefficient (Wildman–Crippen LogP) is 3.02. The highest BCUT2D eigenvalue weighted by atomic mass is 32.2. The molecule has 0 unspecified atom stereocenters. The minimum atomic E-state index is -0.279. The van der Waals surface area contributed by atoms with E-state index in [0.29, 0.717) is 48.6 Å². The number of methoxy groups -OCH3 is 1. The molecular formula is C22H24FN3O3S. The van der Waals surface area contributed by atoms with Gasteiger partial charge in [0.15, 0.2) is 5.16 Å². The highest BCUT2D eigenvalue weighted by molar-refractivity contribution is 7.99. The summed E-state index contributed by atoms with van der Waals surface area (Å²) in [5.74, 6) is -0.273. The van der Waals surface area contributed by atoms with Crippen LogP contribution in [0.1, 0.15) is 12.0 Å². The van der Waals surface area contributed by atoms with Crippen molar-refractivity contribution >= 4 is 28.6 Å². The van der Waals surface area contributed by atoms with Crippen molar-refractivity contribution in [1.82, 2.24) is 14.9 Å². The number of hydrogen-bond acceptors (Lipinski definition) is 5. The molecule has 2 aromatic carbocycles. The maximum absolute atomic E-state index is 12.9. The molecule has 0 saturated heterocycles. The third-order valence-electron chi connectivity index (χ3n) is 4.54. The van der Waals surface area contributed by atoms with E-state index in [9.17, 15) is 14.0 Å². The molecule has 1 N–H and O–H groups in total. The minimum Gasteiger partial charge on any atom is -0.385 e. The third kappa shape index (κ3) is 5.90. The van der Waals surface area contributed by atoms with Crippen molar-refractivity contribution in [3.8, 4) is 0 Å². The van der Waals surface area contributed by atoms with Crippen LogP contribution in [0.25, 0.3) is 10.9 Å². The second-order valence-corrected chi connectivity index (χ2v) is 7.67. The van der Waals surface area contributed by atoms with E-state index >= 15 is 0 Å². The first-order valence-electron chi connectivity index (χ1n) is 9.71. The molecule has 1 heterocycles. The molecule has 8 heteroatoms. The number of benzene rings is 2. The number of hydrogen-bond donors (Lipinski definition) is 1. The average Bonchev–Trinajstić information content (AvgIpc) is 2.75. The molecule has 158 valence electrons. The molecule has 0 fully saturated rings. The summed E-state index contributed by atoms with van der Waals surface area (Å²) in [6, 6.07) is 13.4. The topological polar surface area (TPSA) is 73.2 Å². The zero-order valence-corrected chi connectivity index (χ0v) is 17.6. The van der Waals surface area contributed by atoms with E-state index in [4.69, 9.17) is 4.74 Å². The molecule has 30 heavy (non-hydrogen) atoms. The van der Waals surface area contributed by atoms with Gasteiger partial charge < -0.3 is 10.1 Å². The number of fused-ring (bicyclic) bond motifs is 1. The number of halogens is 1. The zero-order valence-electron chi connectivity index (χ0n) is 16.8. The maximum Gasteiger partial charge on any atom is 0.262 e. The summed E-state index contributed by atoms with van der Waals surface area (Å²) in [5.41, 5.74) is 1.45. The largest absolute Gasteiger partial charge is 0.385 e. The van der Waals surface area contributed by atoms with Gasteiger partial charge in [0.05, 0.1) is 16.7 Å². The number of aromatic nitrogens is 2. The fourth-order valence-corrected chi connectivity index (χ4v) is 3.86. The van der Waals surface area contributed by atoms with Gasteiger partial charge in [-0.1, -0.05) is 36.0 Å². The smallest absolute Gasteiger partial charge is 0.262 e. The Morgan fingerprint density at radius 3 is 2.73 bits per heavy atom. The number of para-hydroxylation sites is 1. The Morgan fingerprint density at radius 2 is 1.97 bits per heavy atom. The molecule has 3 rings (SSSR count). The second-order valence-electron chi connectivity index (χ2n) is 6.73. The summed E-state index contributed by atoms with van der Waals surface area (Å²) in [4.78, 5) is 29.7. The summed E-state index contributed by atoms with van der Waals surface area (Å²) >= 11 is 1.24. The fraction of sp³-hybridized carbons (Fsp3) is 0.318. The number of carbonyl (C=O) groups is 1. The van der Waals surface area contributed by atoms with Crippen LogP contribution in [-0.4, -0.2) is 41.5 Å². The summed E-state index contributed by atoms with van der Waals surface area (Å²) in [6.45, 7) is 1.46. The fourth-order valence-electron chi connectivity index (χ4n) is 3.00. The lowest BCUT2D eigenvalue weighted by Crippen LogP contribution is -2.28. The van der Waals surface area contributed by atoms with E-state index in [-0.39, 0.29) is 23.0 Å². The summed E-state index contributed by atoms with van der Waals surface area (Å²) in [5, 5.41) is 3.93. The lowest BCUT2D eigenvalue weighted by Gasteiger charge is -2.13. The first-order chi connectivity index (χ1) is 14.6. The van der Waals surface area contributed by atoms with E-state index in [1.165, 1.54) is 23.9 Å². The van der Waals surface area contributed by atoms with Crippen LogP contribution >= 0.6 is 11.8 Å². The Labute approximate surface area is 178 Å². The Balaban J connectivity index is 1.63. The molecule has 0 radical (unpaired) electrons. The van der Waals surface area contributed by atoms with Gasteiger partial charge in [0.2, 0.25) is 5.91 Å². The number of rotatable bonds is 10. The van der Waals surface area contributed by atoms with Gasteiger partial charge in [-0.3, -0.25) is 14.2 Å². The quantitative estimate of drug-likeness (QED) is 0.305. The minimum absolute atomic E-state index is 0.115. The lowest BCUT2D eigenvalue weighted by atomic mass is 10.1. The number of amides is 1. The first kappa shape index (κ1) is 22.0. The molecule has 0 spiro atoms. The van der Waals surface area contributed by atoms with Crippen LogP contribution in [0, 0.1) is 5.82 Å². The highest BCUT2D eigenvalue weighted by Crippen LogP contribution is 2.18. The van der Waals surface area contributed by atoms with Gasteiger partial charge in [-0.05, 0) is 42.7 Å².